The lowest BCUT2D eigenvalue weighted by Crippen LogP contribution is -2.28. The van der Waals surface area contributed by atoms with E-state index in [1.165, 1.54) is 17.0 Å². The van der Waals surface area contributed by atoms with Gasteiger partial charge in [-0.3, -0.25) is 14.3 Å². The SMILES string of the molecule is CN(Cc1ccnn1C)C(=O)c1cc2c(cc1F)NC(=O)CC2. The fourth-order valence-electron chi connectivity index (χ4n) is 2.64. The van der Waals surface area contributed by atoms with Crippen molar-refractivity contribution in [2.45, 2.75) is 19.4 Å². The molecule has 6 nitrogen and oxygen atoms in total. The zero-order valence-corrected chi connectivity index (χ0v) is 13.0. The third-order valence-corrected chi connectivity index (χ3v) is 3.99. The van der Waals surface area contributed by atoms with E-state index in [0.29, 0.717) is 25.1 Å². The zero-order valence-electron chi connectivity index (χ0n) is 13.0. The van der Waals surface area contributed by atoms with Crippen LogP contribution in [-0.2, 0) is 24.8 Å². The van der Waals surface area contributed by atoms with Gasteiger partial charge in [0.1, 0.15) is 5.82 Å². The Labute approximate surface area is 132 Å². The van der Waals surface area contributed by atoms with Crippen LogP contribution >= 0.6 is 0 Å². The van der Waals surface area contributed by atoms with E-state index in [2.05, 4.69) is 10.4 Å². The second kappa shape index (κ2) is 5.83. The molecule has 0 fully saturated rings. The van der Waals surface area contributed by atoms with Crippen LogP contribution in [0.1, 0.15) is 28.0 Å². The summed E-state index contributed by atoms with van der Waals surface area (Å²) in [6.07, 6.45) is 2.50. The molecule has 1 aromatic carbocycles. The summed E-state index contributed by atoms with van der Waals surface area (Å²) in [5.41, 5.74) is 2.10. The summed E-state index contributed by atoms with van der Waals surface area (Å²) in [5, 5.41) is 6.67. The van der Waals surface area contributed by atoms with Gasteiger partial charge in [-0.25, -0.2) is 4.39 Å². The van der Waals surface area contributed by atoms with E-state index in [1.54, 1.807) is 25.0 Å². The standard InChI is InChI=1S/C16H17FN4O2/c1-20(9-11-5-6-18-21(11)2)16(23)12-7-10-3-4-15(22)19-14(10)8-13(12)17/h5-8H,3-4,9H2,1-2H3,(H,19,22). The Kier molecular flexibility index (Phi) is 3.85. The molecule has 0 atom stereocenters. The topological polar surface area (TPSA) is 67.2 Å². The quantitative estimate of drug-likeness (QED) is 0.937. The van der Waals surface area contributed by atoms with Crippen molar-refractivity contribution >= 4 is 17.5 Å². The van der Waals surface area contributed by atoms with Gasteiger partial charge in [-0.05, 0) is 30.2 Å². The Hall–Kier alpha value is -2.70. The van der Waals surface area contributed by atoms with Crippen molar-refractivity contribution in [3.8, 4) is 0 Å². The second-order valence-electron chi connectivity index (χ2n) is 5.64. The monoisotopic (exact) mass is 316 g/mol. The predicted octanol–water partition coefficient (Wildman–Crippen LogP) is 1.72. The molecular formula is C16H17FN4O2. The average Bonchev–Trinajstić information content (AvgIpc) is 2.91. The van der Waals surface area contributed by atoms with Crippen LogP contribution in [0.5, 0.6) is 0 Å². The van der Waals surface area contributed by atoms with Crippen molar-refractivity contribution in [1.29, 1.82) is 0 Å². The molecule has 0 unspecified atom stereocenters. The molecule has 0 aliphatic carbocycles. The number of aryl methyl sites for hydroxylation is 2. The number of hydrogen-bond acceptors (Lipinski definition) is 3. The number of nitrogens with zero attached hydrogens (tertiary/aromatic N) is 3. The zero-order chi connectivity index (χ0) is 16.6. The first-order valence-corrected chi connectivity index (χ1v) is 7.30. The third-order valence-electron chi connectivity index (χ3n) is 3.99. The van der Waals surface area contributed by atoms with Crippen molar-refractivity contribution in [2.75, 3.05) is 12.4 Å². The molecule has 1 N–H and O–H groups in total. The maximum atomic E-state index is 14.3. The summed E-state index contributed by atoms with van der Waals surface area (Å²) in [7, 11) is 3.41. The van der Waals surface area contributed by atoms with Crippen LogP contribution in [0.3, 0.4) is 0 Å². The van der Waals surface area contributed by atoms with Gasteiger partial charge >= 0.3 is 0 Å². The number of halogens is 1. The van der Waals surface area contributed by atoms with Crippen molar-refractivity contribution in [1.82, 2.24) is 14.7 Å². The van der Waals surface area contributed by atoms with E-state index in [-0.39, 0.29) is 11.5 Å². The molecule has 120 valence electrons. The molecule has 2 heterocycles. The molecule has 1 aromatic heterocycles. The smallest absolute Gasteiger partial charge is 0.256 e. The van der Waals surface area contributed by atoms with E-state index >= 15 is 0 Å². The molecule has 2 aromatic rings. The molecule has 7 heteroatoms. The highest BCUT2D eigenvalue weighted by Crippen LogP contribution is 2.26. The van der Waals surface area contributed by atoms with Gasteiger partial charge in [0.05, 0.1) is 17.8 Å². The van der Waals surface area contributed by atoms with Crippen LogP contribution in [-0.4, -0.2) is 33.5 Å². The van der Waals surface area contributed by atoms with Gasteiger partial charge in [-0.15, -0.1) is 0 Å². The number of rotatable bonds is 3. The minimum Gasteiger partial charge on any atom is -0.336 e. The van der Waals surface area contributed by atoms with Crippen LogP contribution < -0.4 is 5.32 Å². The molecule has 0 bridgehead atoms. The van der Waals surface area contributed by atoms with Crippen molar-refractivity contribution in [2.24, 2.45) is 7.05 Å². The van der Waals surface area contributed by atoms with Crippen LogP contribution in [0.15, 0.2) is 24.4 Å². The molecule has 23 heavy (non-hydrogen) atoms. The van der Waals surface area contributed by atoms with Crippen LogP contribution in [0.2, 0.25) is 0 Å². The number of nitrogens with one attached hydrogen (secondary N) is 1. The van der Waals surface area contributed by atoms with Crippen LogP contribution in [0.4, 0.5) is 10.1 Å². The number of hydrogen-bond donors (Lipinski definition) is 1. The van der Waals surface area contributed by atoms with E-state index in [4.69, 9.17) is 0 Å². The number of carbonyl (C=O) groups excluding carboxylic acids is 2. The van der Waals surface area contributed by atoms with Gasteiger partial charge in [0.2, 0.25) is 5.91 Å². The maximum Gasteiger partial charge on any atom is 0.256 e. The Balaban J connectivity index is 1.84. The third kappa shape index (κ3) is 2.94. The molecule has 0 radical (unpaired) electrons. The summed E-state index contributed by atoms with van der Waals surface area (Å²) in [6.45, 7) is 0.336. The highest BCUT2D eigenvalue weighted by Gasteiger charge is 2.22. The number of carbonyl (C=O) groups is 2. The van der Waals surface area contributed by atoms with Crippen LogP contribution in [0.25, 0.3) is 0 Å². The summed E-state index contributed by atoms with van der Waals surface area (Å²) in [6, 6.07) is 4.56. The fourth-order valence-corrected chi connectivity index (χ4v) is 2.64. The lowest BCUT2D eigenvalue weighted by Gasteiger charge is -2.21. The number of amides is 2. The van der Waals surface area contributed by atoms with Crippen molar-refractivity contribution in [3.05, 3.63) is 47.0 Å². The minimum absolute atomic E-state index is 0.0181. The highest BCUT2D eigenvalue weighted by molar-refractivity contribution is 5.98. The Morgan fingerprint density at radius 1 is 1.43 bits per heavy atom. The first-order valence-electron chi connectivity index (χ1n) is 7.30. The largest absolute Gasteiger partial charge is 0.336 e. The van der Waals surface area contributed by atoms with Crippen molar-refractivity contribution in [3.63, 3.8) is 0 Å². The number of benzene rings is 1. The van der Waals surface area contributed by atoms with Gasteiger partial charge in [0.15, 0.2) is 0 Å². The molecule has 0 saturated heterocycles. The van der Waals surface area contributed by atoms with Crippen LogP contribution in [0, 0.1) is 5.82 Å². The molecule has 3 rings (SSSR count). The molecule has 2 amide bonds. The first-order chi connectivity index (χ1) is 11.0. The lowest BCUT2D eigenvalue weighted by atomic mass is 9.99. The summed E-state index contributed by atoms with van der Waals surface area (Å²) in [5.74, 6) is -1.17. The normalized spacial score (nSPS) is 13.4. The number of fused-ring (bicyclic) bond motifs is 1. The number of aromatic nitrogens is 2. The first kappa shape index (κ1) is 15.2. The molecular weight excluding hydrogens is 299 g/mol. The summed E-state index contributed by atoms with van der Waals surface area (Å²) >= 11 is 0. The predicted molar refractivity (Wildman–Crippen MR) is 82.4 cm³/mol. The molecule has 1 aliphatic heterocycles. The highest BCUT2D eigenvalue weighted by atomic mass is 19.1. The number of anilines is 1. The Morgan fingerprint density at radius 2 is 2.22 bits per heavy atom. The van der Waals surface area contributed by atoms with Gasteiger partial charge in [-0.1, -0.05) is 0 Å². The van der Waals surface area contributed by atoms with E-state index < -0.39 is 11.7 Å². The van der Waals surface area contributed by atoms with E-state index in [1.807, 2.05) is 6.07 Å². The minimum atomic E-state index is -0.632. The fraction of sp³-hybridized carbons (Fsp3) is 0.312. The molecule has 0 saturated carbocycles. The van der Waals surface area contributed by atoms with Crippen molar-refractivity contribution < 1.29 is 14.0 Å². The van der Waals surface area contributed by atoms with Gasteiger partial charge in [-0.2, -0.15) is 5.10 Å². The average molecular weight is 316 g/mol. The molecule has 0 spiro atoms. The van der Waals surface area contributed by atoms with E-state index in [9.17, 15) is 14.0 Å². The van der Waals surface area contributed by atoms with Gasteiger partial charge < -0.3 is 10.2 Å². The second-order valence-corrected chi connectivity index (χ2v) is 5.64. The van der Waals surface area contributed by atoms with E-state index in [0.717, 1.165) is 11.3 Å². The van der Waals surface area contributed by atoms with Gasteiger partial charge in [0.25, 0.3) is 5.91 Å². The maximum absolute atomic E-state index is 14.3. The summed E-state index contributed by atoms with van der Waals surface area (Å²) in [4.78, 5) is 25.3. The van der Waals surface area contributed by atoms with Gasteiger partial charge in [0, 0.05) is 32.4 Å². The Morgan fingerprint density at radius 3 is 2.91 bits per heavy atom. The lowest BCUT2D eigenvalue weighted by molar-refractivity contribution is -0.116. The molecule has 1 aliphatic rings. The summed E-state index contributed by atoms with van der Waals surface area (Å²) < 4.78 is 15.9. The Bertz CT molecular complexity index is 784.